The molecule has 0 radical (unpaired) electrons. The fraction of sp³-hybridized carbons (Fsp3) is 0.500. The van der Waals surface area contributed by atoms with E-state index in [9.17, 15) is 19.1 Å². The van der Waals surface area contributed by atoms with Gasteiger partial charge in [0.15, 0.2) is 0 Å². The number of aliphatic hydroxyl groups excluding tert-OH is 1. The third-order valence-corrected chi connectivity index (χ3v) is 3.83. The van der Waals surface area contributed by atoms with Gasteiger partial charge in [0.05, 0.1) is 6.61 Å². The Labute approximate surface area is 134 Å². The van der Waals surface area contributed by atoms with Gasteiger partial charge in [-0.15, -0.1) is 0 Å². The van der Waals surface area contributed by atoms with Gasteiger partial charge >= 0.3 is 0 Å². The van der Waals surface area contributed by atoms with Crippen molar-refractivity contribution in [1.82, 2.24) is 9.80 Å². The second kappa shape index (κ2) is 7.52. The Hall–Kier alpha value is -1.99. The lowest BCUT2D eigenvalue weighted by Crippen LogP contribution is -2.52. The molecule has 1 N–H and O–H groups in total. The summed E-state index contributed by atoms with van der Waals surface area (Å²) < 4.78 is 18.5. The molecule has 7 heteroatoms. The highest BCUT2D eigenvalue weighted by Crippen LogP contribution is 2.15. The van der Waals surface area contributed by atoms with Gasteiger partial charge in [-0.3, -0.25) is 9.59 Å². The van der Waals surface area contributed by atoms with Crippen molar-refractivity contribution in [2.24, 2.45) is 0 Å². The standard InChI is InChI=1S/C16H21FN2O4/c1-11(20)15(21)18-5-7-19(8-6-18)16(22)12-3-4-14(17)13(9-12)10-23-2/h3-4,9,11,20H,5-8,10H2,1-2H3/t11-/m0/s1. The summed E-state index contributed by atoms with van der Waals surface area (Å²) in [4.78, 5) is 27.4. The average Bonchev–Trinajstić information content (AvgIpc) is 2.56. The van der Waals surface area contributed by atoms with Gasteiger partial charge in [0.25, 0.3) is 11.8 Å². The molecule has 0 aromatic heterocycles. The number of hydrogen-bond donors (Lipinski definition) is 1. The zero-order valence-electron chi connectivity index (χ0n) is 13.3. The molecule has 6 nitrogen and oxygen atoms in total. The zero-order chi connectivity index (χ0) is 17.0. The summed E-state index contributed by atoms with van der Waals surface area (Å²) in [7, 11) is 1.46. The van der Waals surface area contributed by atoms with Crippen LogP contribution in [0.5, 0.6) is 0 Å². The van der Waals surface area contributed by atoms with E-state index in [-0.39, 0.29) is 18.4 Å². The molecule has 1 aromatic rings. The lowest BCUT2D eigenvalue weighted by Gasteiger charge is -2.35. The first-order valence-corrected chi connectivity index (χ1v) is 7.47. The van der Waals surface area contributed by atoms with Crippen LogP contribution in [0.15, 0.2) is 18.2 Å². The van der Waals surface area contributed by atoms with Gasteiger partial charge in [-0.25, -0.2) is 4.39 Å². The Morgan fingerprint density at radius 2 is 1.87 bits per heavy atom. The topological polar surface area (TPSA) is 70.1 Å². The maximum Gasteiger partial charge on any atom is 0.253 e. The summed E-state index contributed by atoms with van der Waals surface area (Å²) in [6, 6.07) is 4.20. The van der Waals surface area contributed by atoms with Gasteiger partial charge in [0, 0.05) is 44.4 Å². The fourth-order valence-electron chi connectivity index (χ4n) is 2.55. The SMILES string of the molecule is COCc1cc(C(=O)N2CCN(C(=O)[C@H](C)O)CC2)ccc1F. The third-order valence-electron chi connectivity index (χ3n) is 3.83. The highest BCUT2D eigenvalue weighted by atomic mass is 19.1. The molecule has 1 fully saturated rings. The van der Waals surface area contributed by atoms with Crippen LogP contribution in [0, 0.1) is 5.82 Å². The van der Waals surface area contributed by atoms with E-state index in [4.69, 9.17) is 4.74 Å². The monoisotopic (exact) mass is 324 g/mol. The predicted molar refractivity (Wildman–Crippen MR) is 81.3 cm³/mol. The number of methoxy groups -OCH3 is 1. The summed E-state index contributed by atoms with van der Waals surface area (Å²) in [6.07, 6.45) is -1.04. The fourth-order valence-corrected chi connectivity index (χ4v) is 2.55. The van der Waals surface area contributed by atoms with E-state index in [0.29, 0.717) is 37.3 Å². The first-order valence-electron chi connectivity index (χ1n) is 7.47. The van der Waals surface area contributed by atoms with Crippen molar-refractivity contribution in [3.63, 3.8) is 0 Å². The Morgan fingerprint density at radius 1 is 1.26 bits per heavy atom. The van der Waals surface area contributed by atoms with Crippen molar-refractivity contribution in [2.75, 3.05) is 33.3 Å². The lowest BCUT2D eigenvalue weighted by atomic mass is 10.1. The molecule has 0 spiro atoms. The number of piperazine rings is 1. The van der Waals surface area contributed by atoms with Crippen molar-refractivity contribution in [2.45, 2.75) is 19.6 Å². The van der Waals surface area contributed by atoms with Gasteiger partial charge in [-0.2, -0.15) is 0 Å². The minimum absolute atomic E-state index is 0.101. The second-order valence-corrected chi connectivity index (χ2v) is 5.53. The Bertz CT molecular complexity index is 583. The van der Waals surface area contributed by atoms with Gasteiger partial charge in [-0.05, 0) is 25.1 Å². The third kappa shape index (κ3) is 4.05. The molecular formula is C16H21FN2O4. The van der Waals surface area contributed by atoms with Gasteiger partial charge in [0.2, 0.25) is 0 Å². The van der Waals surface area contributed by atoms with Crippen molar-refractivity contribution in [3.8, 4) is 0 Å². The molecular weight excluding hydrogens is 303 g/mol. The summed E-state index contributed by atoms with van der Waals surface area (Å²) in [5.74, 6) is -0.941. The van der Waals surface area contributed by atoms with E-state index < -0.39 is 11.9 Å². The minimum atomic E-state index is -1.04. The minimum Gasteiger partial charge on any atom is -0.384 e. The normalized spacial score (nSPS) is 16.3. The van der Waals surface area contributed by atoms with Crippen LogP contribution in [0.25, 0.3) is 0 Å². The highest BCUT2D eigenvalue weighted by molar-refractivity contribution is 5.94. The van der Waals surface area contributed by atoms with Gasteiger partial charge in [-0.1, -0.05) is 0 Å². The largest absolute Gasteiger partial charge is 0.384 e. The highest BCUT2D eigenvalue weighted by Gasteiger charge is 2.26. The van der Waals surface area contributed by atoms with Gasteiger partial charge < -0.3 is 19.6 Å². The molecule has 1 aliphatic rings. The van der Waals surface area contributed by atoms with Gasteiger partial charge in [0.1, 0.15) is 11.9 Å². The molecule has 1 aliphatic heterocycles. The summed E-state index contributed by atoms with van der Waals surface area (Å²) in [5.41, 5.74) is 0.732. The average molecular weight is 324 g/mol. The van der Waals surface area contributed by atoms with Crippen LogP contribution in [-0.2, 0) is 16.1 Å². The maximum atomic E-state index is 13.6. The summed E-state index contributed by atoms with van der Waals surface area (Å²) in [5, 5.41) is 9.31. The molecule has 1 aromatic carbocycles. The number of benzene rings is 1. The molecule has 1 heterocycles. The van der Waals surface area contributed by atoms with Crippen LogP contribution in [0.1, 0.15) is 22.8 Å². The molecule has 126 valence electrons. The molecule has 0 aliphatic carbocycles. The van der Waals surface area contributed by atoms with Crippen LogP contribution in [0.2, 0.25) is 0 Å². The zero-order valence-corrected chi connectivity index (χ0v) is 13.3. The number of carbonyl (C=O) groups excluding carboxylic acids is 2. The Morgan fingerprint density at radius 3 is 2.43 bits per heavy atom. The molecule has 2 rings (SSSR count). The van der Waals surface area contributed by atoms with Crippen LogP contribution < -0.4 is 0 Å². The number of aliphatic hydroxyl groups is 1. The molecule has 0 unspecified atom stereocenters. The molecule has 0 saturated carbocycles. The number of nitrogens with zero attached hydrogens (tertiary/aromatic N) is 2. The Kier molecular flexibility index (Phi) is 5.68. The summed E-state index contributed by atoms with van der Waals surface area (Å²) >= 11 is 0. The van der Waals surface area contributed by atoms with E-state index in [0.717, 1.165) is 0 Å². The van der Waals surface area contributed by atoms with E-state index in [2.05, 4.69) is 0 Å². The van der Waals surface area contributed by atoms with Crippen molar-refractivity contribution in [3.05, 3.63) is 35.1 Å². The number of halogens is 1. The van der Waals surface area contributed by atoms with Crippen LogP contribution in [0.3, 0.4) is 0 Å². The van der Waals surface area contributed by atoms with Crippen molar-refractivity contribution >= 4 is 11.8 Å². The predicted octanol–water partition coefficient (Wildman–Crippen LogP) is 0.637. The molecule has 1 saturated heterocycles. The second-order valence-electron chi connectivity index (χ2n) is 5.53. The quantitative estimate of drug-likeness (QED) is 0.882. The molecule has 2 amide bonds. The van der Waals surface area contributed by atoms with Crippen LogP contribution in [-0.4, -0.2) is 66.1 Å². The van der Waals surface area contributed by atoms with E-state index >= 15 is 0 Å². The van der Waals surface area contributed by atoms with Crippen LogP contribution in [0.4, 0.5) is 4.39 Å². The number of ether oxygens (including phenoxy) is 1. The number of hydrogen-bond acceptors (Lipinski definition) is 4. The first-order chi connectivity index (χ1) is 10.9. The first kappa shape index (κ1) is 17.4. The molecule has 0 bridgehead atoms. The van der Waals surface area contributed by atoms with Crippen molar-refractivity contribution < 1.29 is 23.8 Å². The van der Waals surface area contributed by atoms with E-state index in [1.165, 1.54) is 37.1 Å². The van der Waals surface area contributed by atoms with Crippen LogP contribution >= 0.6 is 0 Å². The number of amides is 2. The Balaban J connectivity index is 2.02. The number of rotatable bonds is 4. The van der Waals surface area contributed by atoms with E-state index in [1.54, 1.807) is 4.90 Å². The smallest absolute Gasteiger partial charge is 0.253 e. The summed E-state index contributed by atoms with van der Waals surface area (Å²) in [6.45, 7) is 3.05. The number of carbonyl (C=O) groups is 2. The van der Waals surface area contributed by atoms with Crippen molar-refractivity contribution in [1.29, 1.82) is 0 Å². The maximum absolute atomic E-state index is 13.6. The van der Waals surface area contributed by atoms with E-state index in [1.807, 2.05) is 0 Å². The lowest BCUT2D eigenvalue weighted by molar-refractivity contribution is -0.140. The molecule has 1 atom stereocenters. The molecule has 23 heavy (non-hydrogen) atoms.